The fourth-order valence-electron chi connectivity index (χ4n) is 3.42. The van der Waals surface area contributed by atoms with Gasteiger partial charge in [-0.15, -0.1) is 0 Å². The lowest BCUT2D eigenvalue weighted by Gasteiger charge is -2.09. The van der Waals surface area contributed by atoms with Gasteiger partial charge in [-0.25, -0.2) is 4.85 Å². The van der Waals surface area contributed by atoms with Crippen LogP contribution in [0.25, 0.3) is 26.9 Å². The number of nitrogens with two attached hydrogens (primary N) is 1. The smallest absolute Gasteiger partial charge is 0.188 e. The van der Waals surface area contributed by atoms with Crippen LogP contribution in [0.1, 0.15) is 24.8 Å². The van der Waals surface area contributed by atoms with Gasteiger partial charge in [0.15, 0.2) is 5.69 Å². The Bertz CT molecular complexity index is 1010. The molecule has 1 saturated carbocycles. The lowest BCUT2D eigenvalue weighted by Crippen LogP contribution is -2.10. The summed E-state index contributed by atoms with van der Waals surface area (Å²) in [6.07, 6.45) is 4.69. The van der Waals surface area contributed by atoms with Crippen molar-refractivity contribution in [1.29, 1.82) is 0 Å². The molecule has 0 radical (unpaired) electrons. The molecule has 4 nitrogen and oxygen atoms in total. The van der Waals surface area contributed by atoms with E-state index >= 15 is 0 Å². The zero-order valence-corrected chi connectivity index (χ0v) is 14.3. The number of benzene rings is 2. The normalized spacial score (nSPS) is 15.2. The van der Waals surface area contributed by atoms with Crippen LogP contribution >= 0.6 is 0 Å². The summed E-state index contributed by atoms with van der Waals surface area (Å²) in [4.78, 5) is 3.58. The molecular weight excluding hydrogens is 310 g/mol. The second-order valence-corrected chi connectivity index (χ2v) is 7.04. The largest absolute Gasteiger partial charge is 0.398 e. The minimum atomic E-state index is -0.472. The monoisotopic (exact) mass is 331 g/mol. The van der Waals surface area contributed by atoms with Crippen molar-refractivity contribution < 1.29 is 5.11 Å². The second kappa shape index (κ2) is 5.65. The lowest BCUT2D eigenvalue weighted by molar-refractivity contribution is 0.135. The fraction of sp³-hybridized carbons (Fsp3) is 0.286. The molecule has 0 atom stereocenters. The Labute approximate surface area is 147 Å². The topological polar surface area (TPSA) is 55.5 Å². The number of hydrogen-bond donors (Lipinski definition) is 2. The maximum atomic E-state index is 10.2. The molecule has 3 N–H and O–H groups in total. The average Bonchev–Trinajstić information content (AvgIpc) is 3.25. The first-order chi connectivity index (χ1) is 12.0. The molecule has 0 spiro atoms. The van der Waals surface area contributed by atoms with Crippen LogP contribution in [0.5, 0.6) is 0 Å². The first-order valence-corrected chi connectivity index (χ1v) is 8.59. The van der Waals surface area contributed by atoms with Gasteiger partial charge in [-0.1, -0.05) is 18.2 Å². The highest BCUT2D eigenvalue weighted by Crippen LogP contribution is 2.40. The summed E-state index contributed by atoms with van der Waals surface area (Å²) in [7, 11) is 0. The first kappa shape index (κ1) is 15.7. The Hall–Kier alpha value is -2.77. The minimum absolute atomic E-state index is 0.472. The number of nitrogens with zero attached hydrogens (tertiary/aromatic N) is 2. The molecule has 0 unspecified atom stereocenters. The third kappa shape index (κ3) is 2.77. The van der Waals surface area contributed by atoms with Gasteiger partial charge in [-0.05, 0) is 60.9 Å². The Morgan fingerprint density at radius 3 is 2.76 bits per heavy atom. The third-order valence-corrected chi connectivity index (χ3v) is 5.30. The van der Waals surface area contributed by atoms with Crippen LogP contribution in [0, 0.1) is 13.5 Å². The van der Waals surface area contributed by atoms with Gasteiger partial charge >= 0.3 is 0 Å². The van der Waals surface area contributed by atoms with E-state index in [2.05, 4.69) is 21.7 Å². The zero-order valence-electron chi connectivity index (χ0n) is 14.3. The maximum absolute atomic E-state index is 10.2. The molecule has 1 aliphatic carbocycles. The van der Waals surface area contributed by atoms with Gasteiger partial charge in [0.1, 0.15) is 0 Å². The SMILES string of the molecule is [C-]#[N+]c1ccc2c(c1)c(-c1cccc(N)c1C)cn2CCC1(O)CC1. The van der Waals surface area contributed by atoms with E-state index in [1.165, 1.54) is 0 Å². The minimum Gasteiger partial charge on any atom is -0.398 e. The van der Waals surface area contributed by atoms with E-state index in [4.69, 9.17) is 12.3 Å². The molecule has 3 aromatic rings. The van der Waals surface area contributed by atoms with Crippen molar-refractivity contribution in [3.05, 3.63) is 59.6 Å². The van der Waals surface area contributed by atoms with Gasteiger partial charge < -0.3 is 15.4 Å². The molecule has 1 aromatic heterocycles. The van der Waals surface area contributed by atoms with Crippen molar-refractivity contribution in [3.8, 4) is 11.1 Å². The van der Waals surface area contributed by atoms with E-state index in [0.29, 0.717) is 5.69 Å². The number of nitrogen functional groups attached to an aromatic ring is 1. The highest BCUT2D eigenvalue weighted by atomic mass is 16.3. The number of fused-ring (bicyclic) bond motifs is 1. The Morgan fingerprint density at radius 2 is 2.04 bits per heavy atom. The van der Waals surface area contributed by atoms with Gasteiger partial charge in [0.25, 0.3) is 0 Å². The fourth-order valence-corrected chi connectivity index (χ4v) is 3.42. The average molecular weight is 331 g/mol. The number of rotatable bonds is 4. The van der Waals surface area contributed by atoms with Crippen molar-refractivity contribution in [3.63, 3.8) is 0 Å². The van der Waals surface area contributed by atoms with Crippen LogP contribution in [-0.4, -0.2) is 15.3 Å². The van der Waals surface area contributed by atoms with E-state index in [-0.39, 0.29) is 0 Å². The summed E-state index contributed by atoms with van der Waals surface area (Å²) in [5.41, 5.74) is 11.4. The molecule has 4 heteroatoms. The van der Waals surface area contributed by atoms with E-state index in [1.807, 2.05) is 37.3 Å². The third-order valence-electron chi connectivity index (χ3n) is 5.30. The molecule has 1 heterocycles. The van der Waals surface area contributed by atoms with E-state index in [1.54, 1.807) is 0 Å². The van der Waals surface area contributed by atoms with E-state index in [9.17, 15) is 5.11 Å². The van der Waals surface area contributed by atoms with E-state index in [0.717, 1.165) is 59.1 Å². The molecular formula is C21H21N3O. The summed E-state index contributed by atoms with van der Waals surface area (Å²) < 4.78 is 2.19. The van der Waals surface area contributed by atoms with Crippen LogP contribution in [0.3, 0.4) is 0 Å². The van der Waals surface area contributed by atoms with Gasteiger partial charge in [0, 0.05) is 29.5 Å². The van der Waals surface area contributed by atoms with Crippen LogP contribution in [0.2, 0.25) is 0 Å². The second-order valence-electron chi connectivity index (χ2n) is 7.04. The summed E-state index contributed by atoms with van der Waals surface area (Å²) >= 11 is 0. The summed E-state index contributed by atoms with van der Waals surface area (Å²) in [5, 5.41) is 11.2. The molecule has 0 bridgehead atoms. The molecule has 1 fully saturated rings. The number of anilines is 1. The molecule has 25 heavy (non-hydrogen) atoms. The standard InChI is InChI=1S/C21H21N3O/c1-14-16(4-3-5-19(14)22)18-13-24(11-10-21(25)8-9-21)20-7-6-15(23-2)12-17(18)20/h3-7,12-13,25H,8-11,22H2,1H3. The van der Waals surface area contributed by atoms with Crippen LogP contribution in [0.15, 0.2) is 42.6 Å². The van der Waals surface area contributed by atoms with Crippen LogP contribution in [-0.2, 0) is 6.54 Å². The van der Waals surface area contributed by atoms with Gasteiger partial charge in [0.2, 0.25) is 0 Å². The highest BCUT2D eigenvalue weighted by Gasteiger charge is 2.39. The zero-order chi connectivity index (χ0) is 17.6. The number of aliphatic hydroxyl groups is 1. The van der Waals surface area contributed by atoms with Crippen LogP contribution < -0.4 is 5.73 Å². The number of hydrogen-bond acceptors (Lipinski definition) is 2. The van der Waals surface area contributed by atoms with Crippen molar-refractivity contribution in [2.45, 2.75) is 38.3 Å². The van der Waals surface area contributed by atoms with Crippen LogP contribution in [0.4, 0.5) is 11.4 Å². The molecule has 1 aliphatic rings. The number of aryl methyl sites for hydroxylation is 1. The number of aromatic nitrogens is 1. The molecule has 0 saturated heterocycles. The predicted octanol–water partition coefficient (Wildman–Crippen LogP) is 4.66. The quantitative estimate of drug-likeness (QED) is 0.539. The lowest BCUT2D eigenvalue weighted by atomic mass is 9.99. The highest BCUT2D eigenvalue weighted by molar-refractivity contribution is 5.99. The summed E-state index contributed by atoms with van der Waals surface area (Å²) in [6, 6.07) is 11.8. The van der Waals surface area contributed by atoms with Crippen molar-refractivity contribution >= 4 is 22.3 Å². The van der Waals surface area contributed by atoms with Gasteiger partial charge in [0.05, 0.1) is 12.2 Å². The molecule has 2 aromatic carbocycles. The summed E-state index contributed by atoms with van der Waals surface area (Å²) in [6.45, 7) is 10.1. The predicted molar refractivity (Wildman–Crippen MR) is 102 cm³/mol. The van der Waals surface area contributed by atoms with Crippen molar-refractivity contribution in [2.75, 3.05) is 5.73 Å². The van der Waals surface area contributed by atoms with Gasteiger partial charge in [-0.2, -0.15) is 0 Å². The van der Waals surface area contributed by atoms with Gasteiger partial charge in [-0.3, -0.25) is 0 Å². The first-order valence-electron chi connectivity index (χ1n) is 8.59. The Balaban J connectivity index is 1.87. The maximum Gasteiger partial charge on any atom is 0.188 e. The van der Waals surface area contributed by atoms with Crippen molar-refractivity contribution in [2.24, 2.45) is 0 Å². The molecule has 4 rings (SSSR count). The Morgan fingerprint density at radius 1 is 1.24 bits per heavy atom. The molecule has 0 amide bonds. The molecule has 126 valence electrons. The summed E-state index contributed by atoms with van der Waals surface area (Å²) in [5.74, 6) is 0. The van der Waals surface area contributed by atoms with Crippen molar-refractivity contribution in [1.82, 2.24) is 4.57 Å². The Kier molecular flexibility index (Phi) is 3.55. The van der Waals surface area contributed by atoms with E-state index < -0.39 is 5.60 Å². The molecule has 0 aliphatic heterocycles.